The first-order valence-corrected chi connectivity index (χ1v) is 9.86. The van der Waals surface area contributed by atoms with Gasteiger partial charge in [-0.05, 0) is 67.5 Å². The lowest BCUT2D eigenvalue weighted by atomic mass is 10.0. The van der Waals surface area contributed by atoms with E-state index in [1.807, 2.05) is 6.07 Å². The Morgan fingerprint density at radius 1 is 0.538 bits per heavy atom. The quantitative estimate of drug-likeness (QED) is 0.478. The van der Waals surface area contributed by atoms with Crippen molar-refractivity contribution in [1.29, 1.82) is 0 Å². The second kappa shape index (κ2) is 11.5. The van der Waals surface area contributed by atoms with Gasteiger partial charge in [-0.25, -0.2) is 0 Å². The van der Waals surface area contributed by atoms with Crippen LogP contribution in [-0.4, -0.2) is 19.8 Å². The van der Waals surface area contributed by atoms with E-state index in [9.17, 15) is 0 Å². The fraction of sp³-hybridized carbons (Fsp3) is 0.478. The number of hydrogen-bond acceptors (Lipinski definition) is 3. The van der Waals surface area contributed by atoms with Crippen molar-refractivity contribution in [3.05, 3.63) is 53.6 Å². The Balaban J connectivity index is 1.99. The van der Waals surface area contributed by atoms with Crippen molar-refractivity contribution >= 4 is 0 Å². The predicted octanol–water partition coefficient (Wildman–Crippen LogP) is 5.84. The predicted molar refractivity (Wildman–Crippen MR) is 108 cm³/mol. The van der Waals surface area contributed by atoms with Crippen LogP contribution < -0.4 is 14.2 Å². The fourth-order valence-corrected chi connectivity index (χ4v) is 2.64. The molecule has 0 bridgehead atoms. The Labute approximate surface area is 158 Å². The summed E-state index contributed by atoms with van der Waals surface area (Å²) in [7, 11) is 0. The molecular formula is C23H32O3. The molecule has 0 heterocycles. The molecule has 0 aliphatic heterocycles. The van der Waals surface area contributed by atoms with Gasteiger partial charge in [0.1, 0.15) is 17.2 Å². The molecule has 0 N–H and O–H groups in total. The van der Waals surface area contributed by atoms with Crippen LogP contribution in [0.2, 0.25) is 0 Å². The molecule has 0 spiro atoms. The second-order valence-corrected chi connectivity index (χ2v) is 6.50. The smallest absolute Gasteiger partial charge is 0.123 e. The lowest BCUT2D eigenvalue weighted by Crippen LogP contribution is -2.00. The summed E-state index contributed by atoms with van der Waals surface area (Å²) in [6, 6.07) is 14.7. The lowest BCUT2D eigenvalue weighted by molar-refractivity contribution is 0.301. The summed E-state index contributed by atoms with van der Waals surface area (Å²) in [4.78, 5) is 0. The largest absolute Gasteiger partial charge is 0.494 e. The van der Waals surface area contributed by atoms with Crippen molar-refractivity contribution in [2.75, 3.05) is 19.8 Å². The Hall–Kier alpha value is -2.16. The van der Waals surface area contributed by atoms with Crippen LogP contribution in [0.1, 0.15) is 51.2 Å². The van der Waals surface area contributed by atoms with Crippen molar-refractivity contribution in [1.82, 2.24) is 0 Å². The molecule has 0 aliphatic carbocycles. The molecule has 3 nitrogen and oxygen atoms in total. The molecule has 2 aromatic carbocycles. The maximum absolute atomic E-state index is 5.83. The summed E-state index contributed by atoms with van der Waals surface area (Å²) >= 11 is 0. The highest BCUT2D eigenvalue weighted by molar-refractivity contribution is 5.39. The van der Waals surface area contributed by atoms with Crippen LogP contribution in [0, 0.1) is 0 Å². The highest BCUT2D eigenvalue weighted by atomic mass is 16.5. The van der Waals surface area contributed by atoms with Crippen LogP contribution in [0.15, 0.2) is 42.5 Å². The van der Waals surface area contributed by atoms with Gasteiger partial charge in [-0.1, -0.05) is 32.9 Å². The van der Waals surface area contributed by atoms with E-state index in [-0.39, 0.29) is 0 Å². The van der Waals surface area contributed by atoms with Crippen molar-refractivity contribution in [3.63, 3.8) is 0 Å². The number of aryl methyl sites for hydroxylation is 2. The Kier molecular flexibility index (Phi) is 8.88. The molecule has 0 fully saturated rings. The summed E-state index contributed by atoms with van der Waals surface area (Å²) in [6.07, 6.45) is 4.98. The average Bonchev–Trinajstić information content (AvgIpc) is 2.68. The van der Waals surface area contributed by atoms with Gasteiger partial charge in [0.05, 0.1) is 19.8 Å². The van der Waals surface area contributed by atoms with Crippen LogP contribution in [0.4, 0.5) is 0 Å². The minimum absolute atomic E-state index is 0.732. The molecule has 142 valence electrons. The molecule has 0 saturated carbocycles. The normalized spacial score (nSPS) is 10.6. The van der Waals surface area contributed by atoms with Crippen LogP contribution in [0.3, 0.4) is 0 Å². The van der Waals surface area contributed by atoms with Crippen LogP contribution in [-0.2, 0) is 12.8 Å². The van der Waals surface area contributed by atoms with Crippen LogP contribution in [0.5, 0.6) is 17.2 Å². The summed E-state index contributed by atoms with van der Waals surface area (Å²) in [6.45, 7) is 8.58. The van der Waals surface area contributed by atoms with E-state index in [0.29, 0.717) is 0 Å². The van der Waals surface area contributed by atoms with Crippen molar-refractivity contribution in [2.24, 2.45) is 0 Å². The van der Waals surface area contributed by atoms with Gasteiger partial charge in [0.2, 0.25) is 0 Å². The minimum Gasteiger partial charge on any atom is -0.494 e. The summed E-state index contributed by atoms with van der Waals surface area (Å²) in [5.41, 5.74) is 2.56. The monoisotopic (exact) mass is 356 g/mol. The van der Waals surface area contributed by atoms with Gasteiger partial charge in [0, 0.05) is 6.07 Å². The van der Waals surface area contributed by atoms with E-state index in [1.54, 1.807) is 0 Å². The third-order valence-electron chi connectivity index (χ3n) is 3.98. The van der Waals surface area contributed by atoms with Crippen molar-refractivity contribution in [3.8, 4) is 17.2 Å². The number of benzene rings is 2. The molecule has 0 amide bonds. The van der Waals surface area contributed by atoms with Gasteiger partial charge >= 0.3 is 0 Å². The third-order valence-corrected chi connectivity index (χ3v) is 3.98. The van der Waals surface area contributed by atoms with Crippen molar-refractivity contribution < 1.29 is 14.2 Å². The zero-order valence-corrected chi connectivity index (χ0v) is 16.4. The second-order valence-electron chi connectivity index (χ2n) is 6.50. The van der Waals surface area contributed by atoms with E-state index >= 15 is 0 Å². The molecular weight excluding hydrogens is 324 g/mol. The van der Waals surface area contributed by atoms with E-state index in [4.69, 9.17) is 14.2 Å². The fourth-order valence-electron chi connectivity index (χ4n) is 2.64. The van der Waals surface area contributed by atoms with Gasteiger partial charge in [0.25, 0.3) is 0 Å². The summed E-state index contributed by atoms with van der Waals surface area (Å²) < 4.78 is 17.3. The topological polar surface area (TPSA) is 27.7 Å². The maximum Gasteiger partial charge on any atom is 0.123 e. The summed E-state index contributed by atoms with van der Waals surface area (Å²) in [5, 5.41) is 0. The third kappa shape index (κ3) is 6.99. The van der Waals surface area contributed by atoms with Gasteiger partial charge in [-0.2, -0.15) is 0 Å². The molecule has 3 heteroatoms. The van der Waals surface area contributed by atoms with Gasteiger partial charge in [-0.3, -0.25) is 0 Å². The highest BCUT2D eigenvalue weighted by Gasteiger charge is 2.05. The molecule has 0 radical (unpaired) electrons. The standard InChI is InChI=1S/C23H32O3/c1-4-13-24-21-11-9-19(10-12-21)7-8-20-16-22(25-14-5-2)18-23(17-20)26-15-6-3/h9-12,16-18H,4-8,13-15H2,1-3H3. The SMILES string of the molecule is CCCOc1ccc(CCc2cc(OCCC)cc(OCCC)c2)cc1. The Morgan fingerprint density at radius 2 is 1.00 bits per heavy atom. The first-order chi connectivity index (χ1) is 12.7. The Bertz CT molecular complexity index is 608. The van der Waals surface area contributed by atoms with Gasteiger partial charge < -0.3 is 14.2 Å². The van der Waals surface area contributed by atoms with E-state index in [1.165, 1.54) is 11.1 Å². The number of rotatable bonds is 12. The Morgan fingerprint density at radius 3 is 1.50 bits per heavy atom. The molecule has 0 unspecified atom stereocenters. The van der Waals surface area contributed by atoms with E-state index in [2.05, 4.69) is 57.2 Å². The van der Waals surface area contributed by atoms with Gasteiger partial charge in [-0.15, -0.1) is 0 Å². The maximum atomic E-state index is 5.83. The number of hydrogen-bond donors (Lipinski definition) is 0. The first kappa shape index (κ1) is 20.2. The minimum atomic E-state index is 0.732. The highest BCUT2D eigenvalue weighted by Crippen LogP contribution is 2.25. The van der Waals surface area contributed by atoms with E-state index in [0.717, 1.165) is 69.2 Å². The van der Waals surface area contributed by atoms with Crippen LogP contribution >= 0.6 is 0 Å². The first-order valence-electron chi connectivity index (χ1n) is 9.86. The summed E-state index contributed by atoms with van der Waals surface area (Å²) in [5.74, 6) is 2.75. The molecule has 2 rings (SSSR count). The lowest BCUT2D eigenvalue weighted by Gasteiger charge is -2.12. The molecule has 0 saturated heterocycles. The zero-order valence-electron chi connectivity index (χ0n) is 16.4. The zero-order chi connectivity index (χ0) is 18.6. The molecule has 26 heavy (non-hydrogen) atoms. The molecule has 0 aliphatic rings. The van der Waals surface area contributed by atoms with Gasteiger partial charge in [0.15, 0.2) is 0 Å². The van der Waals surface area contributed by atoms with E-state index < -0.39 is 0 Å². The molecule has 0 aromatic heterocycles. The van der Waals surface area contributed by atoms with Crippen LogP contribution in [0.25, 0.3) is 0 Å². The number of ether oxygens (including phenoxy) is 3. The average molecular weight is 357 g/mol. The molecule has 0 atom stereocenters. The van der Waals surface area contributed by atoms with Crippen molar-refractivity contribution in [2.45, 2.75) is 52.9 Å². The molecule has 2 aromatic rings.